The maximum atomic E-state index is 13.5. The second kappa shape index (κ2) is 11.3. The Balaban J connectivity index is 1.63. The van der Waals surface area contributed by atoms with Crippen molar-refractivity contribution in [2.75, 3.05) is 26.3 Å². The highest BCUT2D eigenvalue weighted by Gasteiger charge is 2.31. The van der Waals surface area contributed by atoms with Gasteiger partial charge in [-0.25, -0.2) is 9.59 Å². The van der Waals surface area contributed by atoms with Gasteiger partial charge >= 0.3 is 17.9 Å². The standard InChI is InChI=1S/C28H23ClF3N3O5/c1-17-15-21(26(36)39-20-5-3-2-4-6-20)24(22(23(17)29)16-34-11-13-38-14-12-34)35-27(37)40-25(33-35)18-7-9-19(10-8-18)28(30,31)32/h2-10,15H,11-14,16H2,1H3. The number of alkyl halides is 3. The smallest absolute Gasteiger partial charge is 0.423 e. The van der Waals surface area contributed by atoms with Gasteiger partial charge in [-0.1, -0.05) is 29.8 Å². The predicted molar refractivity (Wildman–Crippen MR) is 140 cm³/mol. The minimum atomic E-state index is -4.53. The largest absolute Gasteiger partial charge is 0.442 e. The van der Waals surface area contributed by atoms with Gasteiger partial charge in [-0.3, -0.25) is 4.90 Å². The van der Waals surface area contributed by atoms with E-state index in [1.165, 1.54) is 6.07 Å². The summed E-state index contributed by atoms with van der Waals surface area (Å²) in [6, 6.07) is 13.9. The molecule has 40 heavy (non-hydrogen) atoms. The molecule has 4 aromatic rings. The molecule has 0 aliphatic carbocycles. The molecule has 0 unspecified atom stereocenters. The highest BCUT2D eigenvalue weighted by atomic mass is 35.5. The molecule has 1 saturated heterocycles. The fourth-order valence-electron chi connectivity index (χ4n) is 4.37. The fraction of sp³-hybridized carbons (Fsp3) is 0.250. The number of hydrogen-bond donors (Lipinski definition) is 0. The average Bonchev–Trinajstić information content (AvgIpc) is 3.32. The molecule has 0 amide bonds. The quantitative estimate of drug-likeness (QED) is 0.222. The van der Waals surface area contributed by atoms with Crippen molar-refractivity contribution in [3.05, 3.63) is 98.5 Å². The first kappa shape index (κ1) is 27.6. The summed E-state index contributed by atoms with van der Waals surface area (Å²) in [5, 5.41) is 4.59. The zero-order valence-corrected chi connectivity index (χ0v) is 22.0. The van der Waals surface area contributed by atoms with E-state index in [2.05, 4.69) is 10.00 Å². The third-order valence-electron chi connectivity index (χ3n) is 6.39. The molecule has 0 N–H and O–H groups in total. The van der Waals surface area contributed by atoms with E-state index < -0.39 is 23.5 Å². The van der Waals surface area contributed by atoms with E-state index in [0.29, 0.717) is 48.2 Å². The van der Waals surface area contributed by atoms with Crippen molar-refractivity contribution in [3.63, 3.8) is 0 Å². The van der Waals surface area contributed by atoms with Gasteiger partial charge in [0.25, 0.3) is 0 Å². The first-order valence-electron chi connectivity index (χ1n) is 12.3. The van der Waals surface area contributed by atoms with Gasteiger partial charge in [-0.15, -0.1) is 5.10 Å². The summed E-state index contributed by atoms with van der Waals surface area (Å²) in [6.07, 6.45) is -4.53. The number of morpholine rings is 1. The van der Waals surface area contributed by atoms with Crippen LogP contribution in [-0.4, -0.2) is 47.0 Å². The maximum Gasteiger partial charge on any atom is 0.442 e. The molecule has 1 aliphatic heterocycles. The molecule has 12 heteroatoms. The summed E-state index contributed by atoms with van der Waals surface area (Å²) in [7, 11) is 0. The van der Waals surface area contributed by atoms with Crippen molar-refractivity contribution in [3.8, 4) is 22.9 Å². The van der Waals surface area contributed by atoms with Gasteiger partial charge in [0.15, 0.2) is 0 Å². The highest BCUT2D eigenvalue weighted by molar-refractivity contribution is 6.32. The molecule has 1 aliphatic rings. The number of para-hydroxylation sites is 1. The average molecular weight is 574 g/mol. The van der Waals surface area contributed by atoms with Crippen LogP contribution >= 0.6 is 11.6 Å². The zero-order valence-electron chi connectivity index (χ0n) is 21.2. The van der Waals surface area contributed by atoms with Gasteiger partial charge in [-0.05, 0) is 55.0 Å². The number of halogens is 4. The second-order valence-corrected chi connectivity index (χ2v) is 9.51. The lowest BCUT2D eigenvalue weighted by molar-refractivity contribution is -0.137. The molecule has 1 aromatic heterocycles. The molecule has 5 rings (SSSR count). The molecule has 0 atom stereocenters. The second-order valence-electron chi connectivity index (χ2n) is 9.13. The highest BCUT2D eigenvalue weighted by Crippen LogP contribution is 2.34. The van der Waals surface area contributed by atoms with Gasteiger partial charge in [-0.2, -0.15) is 17.9 Å². The van der Waals surface area contributed by atoms with Crippen LogP contribution in [0.3, 0.4) is 0 Å². The van der Waals surface area contributed by atoms with Crippen LogP contribution in [0.1, 0.15) is 27.0 Å². The number of ether oxygens (including phenoxy) is 2. The monoisotopic (exact) mass is 573 g/mol. The van der Waals surface area contributed by atoms with Crippen LogP contribution in [0.25, 0.3) is 17.1 Å². The van der Waals surface area contributed by atoms with Crippen LogP contribution in [0.2, 0.25) is 5.02 Å². The van der Waals surface area contributed by atoms with Crippen LogP contribution in [0.5, 0.6) is 5.75 Å². The number of hydrogen-bond acceptors (Lipinski definition) is 7. The zero-order chi connectivity index (χ0) is 28.4. The van der Waals surface area contributed by atoms with E-state index in [-0.39, 0.29) is 29.2 Å². The Morgan fingerprint density at radius 2 is 1.75 bits per heavy atom. The van der Waals surface area contributed by atoms with Gasteiger partial charge in [0.2, 0.25) is 5.89 Å². The summed E-state index contributed by atoms with van der Waals surface area (Å²) in [6.45, 7) is 4.19. The molecule has 0 spiro atoms. The Morgan fingerprint density at radius 1 is 1.07 bits per heavy atom. The van der Waals surface area contributed by atoms with Crippen LogP contribution in [-0.2, 0) is 17.5 Å². The summed E-state index contributed by atoms with van der Waals surface area (Å²) < 4.78 is 56.4. The summed E-state index contributed by atoms with van der Waals surface area (Å²) in [4.78, 5) is 28.7. The number of aromatic nitrogens is 2. The molecule has 8 nitrogen and oxygen atoms in total. The molecular weight excluding hydrogens is 551 g/mol. The number of aryl methyl sites for hydroxylation is 1. The van der Waals surface area contributed by atoms with Crippen molar-refractivity contribution in [1.29, 1.82) is 0 Å². The number of rotatable bonds is 6. The topological polar surface area (TPSA) is 86.8 Å². The number of nitrogens with zero attached hydrogens (tertiary/aromatic N) is 3. The third kappa shape index (κ3) is 5.81. The number of benzene rings is 3. The van der Waals surface area contributed by atoms with Crippen molar-refractivity contribution in [1.82, 2.24) is 14.7 Å². The molecule has 1 fully saturated rings. The molecule has 0 radical (unpaired) electrons. The van der Waals surface area contributed by atoms with E-state index in [9.17, 15) is 22.8 Å². The summed E-state index contributed by atoms with van der Waals surface area (Å²) in [5.41, 5.74) is 0.386. The summed E-state index contributed by atoms with van der Waals surface area (Å²) >= 11 is 6.75. The van der Waals surface area contributed by atoms with Gasteiger partial charge < -0.3 is 13.9 Å². The van der Waals surface area contributed by atoms with Crippen LogP contribution in [0.4, 0.5) is 13.2 Å². The van der Waals surface area contributed by atoms with Crippen LogP contribution in [0.15, 0.2) is 69.9 Å². The van der Waals surface area contributed by atoms with Crippen molar-refractivity contribution in [2.45, 2.75) is 19.6 Å². The van der Waals surface area contributed by atoms with Gasteiger partial charge in [0.05, 0.1) is 35.1 Å². The number of esters is 1. The van der Waals surface area contributed by atoms with Crippen molar-refractivity contribution < 1.29 is 31.9 Å². The third-order valence-corrected chi connectivity index (χ3v) is 6.92. The van der Waals surface area contributed by atoms with Gasteiger partial charge in [0, 0.05) is 30.8 Å². The van der Waals surface area contributed by atoms with Crippen molar-refractivity contribution in [2.24, 2.45) is 0 Å². The first-order chi connectivity index (χ1) is 19.1. The predicted octanol–water partition coefficient (Wildman–Crippen LogP) is 5.52. The van der Waals surface area contributed by atoms with Crippen LogP contribution < -0.4 is 10.5 Å². The lowest BCUT2D eigenvalue weighted by Gasteiger charge is -2.28. The van der Waals surface area contributed by atoms with E-state index in [0.717, 1.165) is 28.9 Å². The molecule has 0 saturated carbocycles. The normalized spacial score (nSPS) is 14.3. The number of carbonyl (C=O) groups is 1. The fourth-order valence-corrected chi connectivity index (χ4v) is 4.57. The van der Waals surface area contributed by atoms with Crippen molar-refractivity contribution >= 4 is 17.6 Å². The minimum Gasteiger partial charge on any atom is -0.423 e. The van der Waals surface area contributed by atoms with Gasteiger partial charge in [0.1, 0.15) is 5.75 Å². The summed E-state index contributed by atoms with van der Waals surface area (Å²) in [5.74, 6) is -1.64. The first-order valence-corrected chi connectivity index (χ1v) is 12.7. The molecule has 0 bridgehead atoms. The Bertz CT molecular complexity index is 1580. The molecular formula is C28H23ClF3N3O5. The lowest BCUT2D eigenvalue weighted by atomic mass is 10.0. The van der Waals surface area contributed by atoms with Crippen LogP contribution in [0, 0.1) is 6.92 Å². The Kier molecular flexibility index (Phi) is 7.79. The SMILES string of the molecule is Cc1cc(C(=O)Oc2ccccc2)c(-n2nc(-c3ccc(C(F)(F)F)cc3)oc2=O)c(CN2CCOCC2)c1Cl. The molecule has 2 heterocycles. The Morgan fingerprint density at radius 3 is 2.40 bits per heavy atom. The van der Waals surface area contributed by atoms with E-state index in [1.807, 2.05) is 0 Å². The lowest BCUT2D eigenvalue weighted by Crippen LogP contribution is -2.36. The molecule has 208 valence electrons. The van der Waals surface area contributed by atoms with E-state index >= 15 is 0 Å². The van der Waals surface area contributed by atoms with E-state index in [1.54, 1.807) is 37.3 Å². The maximum absolute atomic E-state index is 13.5. The number of carbonyl (C=O) groups excluding carboxylic acids is 1. The molecule has 3 aromatic carbocycles. The minimum absolute atomic E-state index is 0.0170. The Hall–Kier alpha value is -3.93. The Labute approximate surface area is 231 Å². The van der Waals surface area contributed by atoms with E-state index in [4.69, 9.17) is 25.5 Å².